The first kappa shape index (κ1) is 20.5. The van der Waals surface area contributed by atoms with Crippen LogP contribution in [0.25, 0.3) is 17.1 Å². The maximum Gasteiger partial charge on any atom is 0.251 e. The fourth-order valence-electron chi connectivity index (χ4n) is 3.45. The zero-order valence-corrected chi connectivity index (χ0v) is 18.5. The van der Waals surface area contributed by atoms with Crippen molar-refractivity contribution in [1.82, 2.24) is 25.1 Å². The van der Waals surface area contributed by atoms with Crippen LogP contribution >= 0.6 is 11.8 Å². The number of thioether (sulfide) groups is 1. The minimum atomic E-state index is 0.00730. The van der Waals surface area contributed by atoms with Crippen LogP contribution in [-0.2, 0) is 5.75 Å². The molecule has 6 nitrogen and oxygen atoms in total. The Kier molecular flexibility index (Phi) is 5.73. The Morgan fingerprint density at radius 2 is 1.84 bits per heavy atom. The zero-order chi connectivity index (χ0) is 21.9. The molecule has 0 bridgehead atoms. The molecular weight excluding hydrogens is 418 g/mol. The lowest BCUT2D eigenvalue weighted by atomic mass is 10.1. The monoisotopic (exact) mass is 441 g/mol. The van der Waals surface area contributed by atoms with E-state index in [4.69, 9.17) is 0 Å². The molecule has 1 amide bonds. The maximum absolute atomic E-state index is 12.2. The van der Waals surface area contributed by atoms with E-state index in [0.717, 1.165) is 46.4 Å². The normalized spacial score (nSPS) is 13.2. The molecule has 0 unspecified atom stereocenters. The predicted octanol–water partition coefficient (Wildman–Crippen LogP) is 4.82. The van der Waals surface area contributed by atoms with Crippen molar-refractivity contribution in [2.24, 2.45) is 0 Å². The molecule has 0 aliphatic heterocycles. The number of rotatable bonds is 7. The van der Waals surface area contributed by atoms with Gasteiger partial charge in [0.25, 0.3) is 5.91 Å². The van der Waals surface area contributed by atoms with Crippen molar-refractivity contribution in [3.8, 4) is 17.1 Å². The van der Waals surface area contributed by atoms with Crippen LogP contribution < -0.4 is 5.32 Å². The number of hydrogen-bond acceptors (Lipinski definition) is 5. The van der Waals surface area contributed by atoms with Crippen LogP contribution in [-0.4, -0.2) is 31.7 Å². The lowest BCUT2D eigenvalue weighted by Crippen LogP contribution is -2.25. The van der Waals surface area contributed by atoms with Gasteiger partial charge in [-0.25, -0.2) is 0 Å². The average molecular weight is 442 g/mol. The summed E-state index contributed by atoms with van der Waals surface area (Å²) in [6.07, 6.45) is 5.70. The summed E-state index contributed by atoms with van der Waals surface area (Å²) in [6.45, 7) is 2.08. The summed E-state index contributed by atoms with van der Waals surface area (Å²) >= 11 is 1.62. The molecule has 7 heteroatoms. The van der Waals surface area contributed by atoms with E-state index < -0.39 is 0 Å². The van der Waals surface area contributed by atoms with Crippen LogP contribution in [0.15, 0.2) is 78.2 Å². The van der Waals surface area contributed by atoms with Gasteiger partial charge in [-0.3, -0.25) is 14.3 Å². The van der Waals surface area contributed by atoms with E-state index in [0.29, 0.717) is 11.6 Å². The van der Waals surface area contributed by atoms with Crippen molar-refractivity contribution in [2.75, 3.05) is 0 Å². The molecule has 0 saturated heterocycles. The van der Waals surface area contributed by atoms with Crippen molar-refractivity contribution >= 4 is 17.7 Å². The van der Waals surface area contributed by atoms with Gasteiger partial charge in [-0.1, -0.05) is 36.0 Å². The minimum Gasteiger partial charge on any atom is -0.349 e. The topological polar surface area (TPSA) is 72.7 Å². The molecule has 1 saturated carbocycles. The molecule has 0 radical (unpaired) electrons. The Labute approximate surface area is 191 Å². The maximum atomic E-state index is 12.2. The van der Waals surface area contributed by atoms with Gasteiger partial charge in [0.2, 0.25) is 0 Å². The SMILES string of the molecule is Cc1cccc(-n2c(SCc3ccc(C(=O)NC4CC4)cc3)nnc2-c2ccncc2)c1. The minimum absolute atomic E-state index is 0.00730. The highest BCUT2D eigenvalue weighted by atomic mass is 32.2. The molecule has 5 rings (SSSR count). The number of carbonyl (C=O) groups excluding carboxylic acids is 1. The molecule has 2 heterocycles. The van der Waals surface area contributed by atoms with Crippen LogP contribution in [0.1, 0.15) is 34.3 Å². The summed E-state index contributed by atoms with van der Waals surface area (Å²) in [7, 11) is 0. The first-order chi connectivity index (χ1) is 15.7. The smallest absolute Gasteiger partial charge is 0.251 e. The fraction of sp³-hybridized carbons (Fsp3) is 0.200. The lowest BCUT2D eigenvalue weighted by Gasteiger charge is -2.11. The van der Waals surface area contributed by atoms with Gasteiger partial charge in [0.05, 0.1) is 0 Å². The first-order valence-corrected chi connectivity index (χ1v) is 11.6. The van der Waals surface area contributed by atoms with Crippen LogP contribution in [0.4, 0.5) is 0 Å². The van der Waals surface area contributed by atoms with Gasteiger partial charge < -0.3 is 5.32 Å². The van der Waals surface area contributed by atoms with Gasteiger partial charge in [0.1, 0.15) is 0 Å². The number of hydrogen-bond donors (Lipinski definition) is 1. The van der Waals surface area contributed by atoms with Gasteiger partial charge >= 0.3 is 0 Å². The molecule has 1 fully saturated rings. The van der Waals surface area contributed by atoms with Crippen molar-refractivity contribution in [3.05, 3.63) is 89.7 Å². The Morgan fingerprint density at radius 3 is 2.56 bits per heavy atom. The second-order valence-corrected chi connectivity index (χ2v) is 8.89. The van der Waals surface area contributed by atoms with Gasteiger partial charge in [-0.05, 0) is 67.3 Å². The van der Waals surface area contributed by atoms with E-state index in [1.807, 2.05) is 42.5 Å². The molecule has 1 aliphatic rings. The summed E-state index contributed by atoms with van der Waals surface area (Å²) in [4.78, 5) is 16.3. The molecule has 4 aromatic rings. The standard InChI is InChI=1S/C25H23N5OS/c1-17-3-2-4-22(15-17)30-23(19-11-13-26-14-12-19)28-29-25(30)32-16-18-5-7-20(8-6-18)24(31)27-21-9-10-21/h2-8,11-15,21H,9-10,16H2,1H3,(H,27,31). The van der Waals surface area contributed by atoms with E-state index in [9.17, 15) is 4.79 Å². The number of nitrogens with zero attached hydrogens (tertiary/aromatic N) is 4. The second-order valence-electron chi connectivity index (χ2n) is 7.95. The highest BCUT2D eigenvalue weighted by Gasteiger charge is 2.23. The van der Waals surface area contributed by atoms with E-state index in [-0.39, 0.29) is 5.91 Å². The Morgan fingerprint density at radius 1 is 1.06 bits per heavy atom. The molecule has 2 aromatic carbocycles. The third-order valence-corrected chi connectivity index (χ3v) is 6.33. The fourth-order valence-corrected chi connectivity index (χ4v) is 4.36. The Bertz CT molecular complexity index is 1230. The summed E-state index contributed by atoms with van der Waals surface area (Å²) in [5.74, 6) is 1.52. The molecule has 1 N–H and O–H groups in total. The molecule has 32 heavy (non-hydrogen) atoms. The quantitative estimate of drug-likeness (QED) is 0.416. The molecule has 2 aromatic heterocycles. The lowest BCUT2D eigenvalue weighted by molar-refractivity contribution is 0.0951. The van der Waals surface area contributed by atoms with Crippen molar-refractivity contribution < 1.29 is 4.79 Å². The van der Waals surface area contributed by atoms with Crippen LogP contribution in [0, 0.1) is 6.92 Å². The number of benzene rings is 2. The van der Waals surface area contributed by atoms with E-state index in [1.54, 1.807) is 24.2 Å². The summed E-state index contributed by atoms with van der Waals surface area (Å²) in [6, 6.07) is 20.4. The average Bonchev–Trinajstić information content (AvgIpc) is 3.53. The molecule has 0 atom stereocenters. The van der Waals surface area contributed by atoms with E-state index >= 15 is 0 Å². The summed E-state index contributed by atoms with van der Waals surface area (Å²) < 4.78 is 2.09. The van der Waals surface area contributed by atoms with Gasteiger partial charge in [0, 0.05) is 41.0 Å². The Hall–Kier alpha value is -3.45. The van der Waals surface area contributed by atoms with E-state index in [2.05, 4.69) is 50.2 Å². The van der Waals surface area contributed by atoms with Crippen LogP contribution in [0.5, 0.6) is 0 Å². The van der Waals surface area contributed by atoms with Crippen LogP contribution in [0.3, 0.4) is 0 Å². The number of aryl methyl sites for hydroxylation is 1. The predicted molar refractivity (Wildman–Crippen MR) is 126 cm³/mol. The van der Waals surface area contributed by atoms with Gasteiger partial charge in [-0.2, -0.15) is 0 Å². The highest BCUT2D eigenvalue weighted by molar-refractivity contribution is 7.98. The molecular formula is C25H23N5OS. The third kappa shape index (κ3) is 4.57. The zero-order valence-electron chi connectivity index (χ0n) is 17.7. The van der Waals surface area contributed by atoms with Crippen molar-refractivity contribution in [2.45, 2.75) is 36.7 Å². The third-order valence-electron chi connectivity index (χ3n) is 5.33. The summed E-state index contributed by atoms with van der Waals surface area (Å²) in [5, 5.41) is 12.8. The number of amides is 1. The number of pyridine rings is 1. The number of nitrogens with one attached hydrogen (secondary N) is 1. The van der Waals surface area contributed by atoms with Crippen LogP contribution in [0.2, 0.25) is 0 Å². The first-order valence-electron chi connectivity index (χ1n) is 10.6. The van der Waals surface area contributed by atoms with Crippen molar-refractivity contribution in [3.63, 3.8) is 0 Å². The Balaban J connectivity index is 1.39. The molecule has 160 valence electrons. The number of aromatic nitrogens is 4. The van der Waals surface area contributed by atoms with Crippen molar-refractivity contribution in [1.29, 1.82) is 0 Å². The largest absolute Gasteiger partial charge is 0.349 e. The second kappa shape index (κ2) is 8.96. The van der Waals surface area contributed by atoms with E-state index in [1.165, 1.54) is 5.56 Å². The number of carbonyl (C=O) groups is 1. The van der Waals surface area contributed by atoms with Gasteiger partial charge in [0.15, 0.2) is 11.0 Å². The highest BCUT2D eigenvalue weighted by Crippen LogP contribution is 2.30. The summed E-state index contributed by atoms with van der Waals surface area (Å²) in [5.41, 5.74) is 4.99. The van der Waals surface area contributed by atoms with Gasteiger partial charge in [-0.15, -0.1) is 10.2 Å². The molecule has 0 spiro atoms. The molecule has 1 aliphatic carbocycles.